The standard InChI is InChI=1S/C20H25N3O2S/c1-12(16-10-13-7-8-14(16)9-13)21-18(24)11-26-20-22-17-6-4-3-5-15(17)19(25)23(20)2/h3-6,12-14,16H,7-11H2,1-2H3,(H,21,24). The largest absolute Gasteiger partial charge is 0.353 e. The predicted octanol–water partition coefficient (Wildman–Crippen LogP) is 2.97. The smallest absolute Gasteiger partial charge is 0.261 e. The summed E-state index contributed by atoms with van der Waals surface area (Å²) in [6.45, 7) is 2.14. The normalized spacial score (nSPS) is 25.5. The number of benzene rings is 1. The van der Waals surface area contributed by atoms with Crippen LogP contribution in [-0.4, -0.2) is 27.3 Å². The van der Waals surface area contributed by atoms with Gasteiger partial charge in [0.1, 0.15) is 0 Å². The van der Waals surface area contributed by atoms with Crippen molar-refractivity contribution in [3.05, 3.63) is 34.6 Å². The molecule has 1 amide bonds. The van der Waals surface area contributed by atoms with Crippen molar-refractivity contribution >= 4 is 28.6 Å². The van der Waals surface area contributed by atoms with Crippen LogP contribution < -0.4 is 10.9 Å². The number of thioether (sulfide) groups is 1. The summed E-state index contributed by atoms with van der Waals surface area (Å²) in [5.74, 6) is 2.61. The van der Waals surface area contributed by atoms with E-state index >= 15 is 0 Å². The molecule has 138 valence electrons. The van der Waals surface area contributed by atoms with Crippen molar-refractivity contribution in [3.63, 3.8) is 0 Å². The fourth-order valence-electron chi connectivity index (χ4n) is 4.77. The zero-order valence-electron chi connectivity index (χ0n) is 15.3. The maximum Gasteiger partial charge on any atom is 0.261 e. The molecule has 0 radical (unpaired) electrons. The fraction of sp³-hybridized carbons (Fsp3) is 0.550. The molecule has 4 atom stereocenters. The second-order valence-corrected chi connectivity index (χ2v) is 8.70. The van der Waals surface area contributed by atoms with E-state index in [1.165, 1.54) is 42.0 Å². The molecule has 2 aromatic rings. The number of para-hydroxylation sites is 1. The first-order valence-corrected chi connectivity index (χ1v) is 10.4. The fourth-order valence-corrected chi connectivity index (χ4v) is 5.55. The molecule has 0 saturated heterocycles. The van der Waals surface area contributed by atoms with Crippen LogP contribution in [0.3, 0.4) is 0 Å². The maximum absolute atomic E-state index is 12.4. The Kier molecular flexibility index (Phi) is 4.78. The molecule has 2 fully saturated rings. The van der Waals surface area contributed by atoms with Gasteiger partial charge >= 0.3 is 0 Å². The van der Waals surface area contributed by atoms with Gasteiger partial charge in [-0.1, -0.05) is 30.3 Å². The molecule has 2 aliphatic carbocycles. The van der Waals surface area contributed by atoms with Crippen LogP contribution in [0.4, 0.5) is 0 Å². The molecule has 0 aliphatic heterocycles. The molecule has 1 aromatic heterocycles. The summed E-state index contributed by atoms with van der Waals surface area (Å²) < 4.78 is 1.53. The number of carbonyl (C=O) groups excluding carboxylic acids is 1. The van der Waals surface area contributed by atoms with Crippen LogP contribution >= 0.6 is 11.8 Å². The molecule has 0 spiro atoms. The number of hydrogen-bond acceptors (Lipinski definition) is 4. The van der Waals surface area contributed by atoms with Gasteiger partial charge in [-0.3, -0.25) is 14.2 Å². The SMILES string of the molecule is CC(NC(=O)CSc1nc2ccccc2c(=O)n1C)C1CC2CCC1C2. The molecule has 1 heterocycles. The van der Waals surface area contributed by atoms with Crippen molar-refractivity contribution < 1.29 is 4.79 Å². The molecule has 4 rings (SSSR count). The van der Waals surface area contributed by atoms with Gasteiger partial charge in [0.2, 0.25) is 5.91 Å². The number of carbonyl (C=O) groups is 1. The van der Waals surface area contributed by atoms with Gasteiger partial charge in [-0.25, -0.2) is 4.98 Å². The highest BCUT2D eigenvalue weighted by Gasteiger charge is 2.42. The monoisotopic (exact) mass is 371 g/mol. The predicted molar refractivity (Wildman–Crippen MR) is 104 cm³/mol. The Balaban J connectivity index is 1.39. The second-order valence-electron chi connectivity index (χ2n) is 7.76. The second kappa shape index (κ2) is 7.06. The first-order valence-electron chi connectivity index (χ1n) is 9.41. The Bertz CT molecular complexity index is 894. The third-order valence-corrected chi connectivity index (χ3v) is 7.13. The van der Waals surface area contributed by atoms with Crippen LogP contribution in [0.2, 0.25) is 0 Å². The van der Waals surface area contributed by atoms with E-state index in [0.717, 1.165) is 11.8 Å². The number of fused-ring (bicyclic) bond motifs is 3. The van der Waals surface area contributed by atoms with Crippen LogP contribution in [0.15, 0.2) is 34.2 Å². The van der Waals surface area contributed by atoms with Crippen molar-refractivity contribution in [2.45, 2.75) is 43.8 Å². The van der Waals surface area contributed by atoms with Gasteiger partial charge in [0.05, 0.1) is 16.7 Å². The third-order valence-electron chi connectivity index (χ3n) is 6.10. The Morgan fingerprint density at radius 2 is 2.15 bits per heavy atom. The average molecular weight is 372 g/mol. The summed E-state index contributed by atoms with van der Waals surface area (Å²) in [5, 5.41) is 4.36. The number of aromatic nitrogens is 2. The van der Waals surface area contributed by atoms with E-state index < -0.39 is 0 Å². The van der Waals surface area contributed by atoms with Gasteiger partial charge in [0, 0.05) is 13.1 Å². The zero-order chi connectivity index (χ0) is 18.3. The van der Waals surface area contributed by atoms with E-state index in [-0.39, 0.29) is 23.3 Å². The van der Waals surface area contributed by atoms with Crippen molar-refractivity contribution in [2.75, 3.05) is 5.75 Å². The molecular formula is C20H25N3O2S. The maximum atomic E-state index is 12.4. The summed E-state index contributed by atoms with van der Waals surface area (Å²) >= 11 is 1.32. The molecule has 2 saturated carbocycles. The highest BCUT2D eigenvalue weighted by Crippen LogP contribution is 2.49. The van der Waals surface area contributed by atoms with Gasteiger partial charge in [-0.05, 0) is 56.1 Å². The molecule has 1 N–H and O–H groups in total. The Morgan fingerprint density at radius 1 is 1.35 bits per heavy atom. The lowest BCUT2D eigenvalue weighted by Crippen LogP contribution is -2.41. The summed E-state index contributed by atoms with van der Waals surface area (Å²) in [6, 6.07) is 7.54. The Morgan fingerprint density at radius 3 is 2.88 bits per heavy atom. The molecule has 2 bridgehead atoms. The highest BCUT2D eigenvalue weighted by molar-refractivity contribution is 7.99. The van der Waals surface area contributed by atoms with E-state index in [1.807, 2.05) is 18.2 Å². The van der Waals surface area contributed by atoms with Crippen molar-refractivity contribution in [1.82, 2.24) is 14.9 Å². The molecule has 5 nitrogen and oxygen atoms in total. The third kappa shape index (κ3) is 3.27. The minimum atomic E-state index is -0.0751. The lowest BCUT2D eigenvalue weighted by Gasteiger charge is -2.28. The number of nitrogens with zero attached hydrogens (tertiary/aromatic N) is 2. The topological polar surface area (TPSA) is 64.0 Å². The molecule has 6 heteroatoms. The molecule has 26 heavy (non-hydrogen) atoms. The van der Waals surface area contributed by atoms with Gasteiger partial charge in [0.15, 0.2) is 5.16 Å². The lowest BCUT2D eigenvalue weighted by atomic mass is 9.84. The summed E-state index contributed by atoms with van der Waals surface area (Å²) in [6.07, 6.45) is 5.31. The van der Waals surface area contributed by atoms with Gasteiger partial charge < -0.3 is 5.32 Å². The molecule has 2 aliphatic rings. The Hall–Kier alpha value is -1.82. The van der Waals surface area contributed by atoms with E-state index in [2.05, 4.69) is 17.2 Å². The summed E-state index contributed by atoms with van der Waals surface area (Å²) in [4.78, 5) is 29.4. The number of nitrogens with one attached hydrogen (secondary N) is 1. The van der Waals surface area contributed by atoms with Gasteiger partial charge in [0.25, 0.3) is 5.56 Å². The summed E-state index contributed by atoms with van der Waals surface area (Å²) in [5.41, 5.74) is 0.600. The van der Waals surface area contributed by atoms with Gasteiger partial charge in [-0.15, -0.1) is 0 Å². The van der Waals surface area contributed by atoms with Crippen LogP contribution in [-0.2, 0) is 11.8 Å². The minimum Gasteiger partial charge on any atom is -0.353 e. The lowest BCUT2D eigenvalue weighted by molar-refractivity contribution is -0.119. The van der Waals surface area contributed by atoms with Crippen molar-refractivity contribution in [1.29, 1.82) is 0 Å². The molecular weight excluding hydrogens is 346 g/mol. The van der Waals surface area contributed by atoms with E-state index in [4.69, 9.17) is 0 Å². The number of hydrogen-bond donors (Lipinski definition) is 1. The van der Waals surface area contributed by atoms with Gasteiger partial charge in [-0.2, -0.15) is 0 Å². The average Bonchev–Trinajstić information content (AvgIpc) is 3.27. The van der Waals surface area contributed by atoms with Crippen molar-refractivity contribution in [2.24, 2.45) is 24.8 Å². The number of amides is 1. The first-order chi connectivity index (χ1) is 12.5. The van der Waals surface area contributed by atoms with E-state index in [0.29, 0.717) is 22.0 Å². The van der Waals surface area contributed by atoms with Crippen LogP contribution in [0.1, 0.15) is 32.6 Å². The minimum absolute atomic E-state index is 0.0210. The Labute approximate surface area is 157 Å². The highest BCUT2D eigenvalue weighted by atomic mass is 32.2. The molecule has 1 aromatic carbocycles. The van der Waals surface area contributed by atoms with E-state index in [1.54, 1.807) is 13.1 Å². The summed E-state index contributed by atoms with van der Waals surface area (Å²) in [7, 11) is 1.71. The van der Waals surface area contributed by atoms with Crippen LogP contribution in [0.25, 0.3) is 10.9 Å². The van der Waals surface area contributed by atoms with Crippen LogP contribution in [0, 0.1) is 17.8 Å². The van der Waals surface area contributed by atoms with Crippen LogP contribution in [0.5, 0.6) is 0 Å². The quantitative estimate of drug-likeness (QED) is 0.648. The van der Waals surface area contributed by atoms with Crippen molar-refractivity contribution in [3.8, 4) is 0 Å². The molecule has 4 unspecified atom stereocenters. The number of rotatable bonds is 5. The van der Waals surface area contributed by atoms with E-state index in [9.17, 15) is 9.59 Å². The zero-order valence-corrected chi connectivity index (χ0v) is 16.1. The first kappa shape index (κ1) is 17.6.